The zero-order valence-electron chi connectivity index (χ0n) is 15.6. The van der Waals surface area contributed by atoms with Crippen LogP contribution in [-0.4, -0.2) is 43.6 Å². The Labute approximate surface area is 152 Å². The van der Waals surface area contributed by atoms with Gasteiger partial charge < -0.3 is 14.8 Å². The molecule has 0 spiro atoms. The van der Waals surface area contributed by atoms with Crippen LogP contribution in [0.5, 0.6) is 5.75 Å². The van der Waals surface area contributed by atoms with E-state index in [1.165, 1.54) is 26.4 Å². The molecule has 0 heterocycles. The number of esters is 1. The Bertz CT molecular complexity index is 677. The minimum absolute atomic E-state index is 0.00328. The number of hydrogen-bond acceptors (Lipinski definition) is 7. The molecule has 0 saturated heterocycles. The van der Waals surface area contributed by atoms with Gasteiger partial charge in [0.2, 0.25) is 5.91 Å². The molecule has 0 aliphatic carbocycles. The topological polar surface area (TPSA) is 120 Å². The van der Waals surface area contributed by atoms with Crippen molar-refractivity contribution in [2.75, 3.05) is 26.1 Å². The van der Waals surface area contributed by atoms with Crippen LogP contribution >= 0.6 is 0 Å². The summed E-state index contributed by atoms with van der Waals surface area (Å²) in [7, 11) is 2.61. The second-order valence-electron chi connectivity index (χ2n) is 5.91. The van der Waals surface area contributed by atoms with Crippen molar-refractivity contribution in [1.82, 2.24) is 5.32 Å². The van der Waals surface area contributed by atoms with Crippen molar-refractivity contribution in [3.63, 3.8) is 0 Å². The fraction of sp³-hybridized carbons (Fsp3) is 0.529. The smallest absolute Gasteiger partial charge is 0.323 e. The first-order valence-electron chi connectivity index (χ1n) is 8.19. The lowest BCUT2D eigenvalue weighted by Gasteiger charge is -2.21. The van der Waals surface area contributed by atoms with Gasteiger partial charge in [-0.05, 0) is 18.4 Å². The second kappa shape index (κ2) is 9.71. The van der Waals surface area contributed by atoms with Crippen LogP contribution in [0.2, 0.25) is 0 Å². The molecule has 1 aromatic carbocycles. The first-order chi connectivity index (χ1) is 12.2. The number of methoxy groups -OCH3 is 2. The monoisotopic (exact) mass is 367 g/mol. The van der Waals surface area contributed by atoms with E-state index in [9.17, 15) is 19.7 Å². The quantitative estimate of drug-likeness (QED) is 0.389. The van der Waals surface area contributed by atoms with E-state index < -0.39 is 16.9 Å². The summed E-state index contributed by atoms with van der Waals surface area (Å²) in [6.45, 7) is 5.36. The molecule has 0 aliphatic rings. The molecule has 0 fully saturated rings. The van der Waals surface area contributed by atoms with E-state index in [4.69, 9.17) is 9.47 Å². The van der Waals surface area contributed by atoms with Gasteiger partial charge in [-0.25, -0.2) is 0 Å². The Kier molecular flexibility index (Phi) is 7.98. The molecule has 0 saturated carbocycles. The minimum Gasteiger partial charge on any atom is -0.490 e. The first-order valence-corrected chi connectivity index (χ1v) is 8.19. The molecule has 0 aliphatic heterocycles. The fourth-order valence-corrected chi connectivity index (χ4v) is 2.39. The number of ether oxygens (including phenoxy) is 2. The van der Waals surface area contributed by atoms with Crippen LogP contribution in [0, 0.1) is 23.0 Å². The molecule has 1 amide bonds. The third-order valence-electron chi connectivity index (χ3n) is 4.15. The maximum absolute atomic E-state index is 12.2. The SMILES string of the molecule is CCC(C)C(NCC(=O)Nc1cc(OC)c([N+](=O)[O-])cc1C)C(=O)OC. The van der Waals surface area contributed by atoms with E-state index in [-0.39, 0.29) is 29.8 Å². The number of nitro groups is 1. The van der Waals surface area contributed by atoms with Gasteiger partial charge in [0, 0.05) is 17.8 Å². The fourth-order valence-electron chi connectivity index (χ4n) is 2.39. The number of nitrogens with one attached hydrogen (secondary N) is 2. The zero-order valence-corrected chi connectivity index (χ0v) is 15.6. The molecule has 0 radical (unpaired) electrons. The number of aryl methyl sites for hydroxylation is 1. The molecule has 0 bridgehead atoms. The average Bonchev–Trinajstić information content (AvgIpc) is 2.62. The van der Waals surface area contributed by atoms with Gasteiger partial charge in [-0.1, -0.05) is 20.3 Å². The highest BCUT2D eigenvalue weighted by Gasteiger charge is 2.25. The van der Waals surface area contributed by atoms with E-state index in [1.54, 1.807) is 6.92 Å². The molecule has 144 valence electrons. The van der Waals surface area contributed by atoms with E-state index in [2.05, 4.69) is 10.6 Å². The highest BCUT2D eigenvalue weighted by atomic mass is 16.6. The second-order valence-corrected chi connectivity index (χ2v) is 5.91. The van der Waals surface area contributed by atoms with Gasteiger partial charge in [0.25, 0.3) is 0 Å². The number of anilines is 1. The van der Waals surface area contributed by atoms with Crippen LogP contribution in [0.15, 0.2) is 12.1 Å². The Hall–Kier alpha value is -2.68. The van der Waals surface area contributed by atoms with E-state index in [0.717, 1.165) is 6.42 Å². The Morgan fingerprint density at radius 3 is 2.46 bits per heavy atom. The Morgan fingerprint density at radius 2 is 1.96 bits per heavy atom. The largest absolute Gasteiger partial charge is 0.490 e. The van der Waals surface area contributed by atoms with Crippen molar-refractivity contribution < 1.29 is 24.0 Å². The van der Waals surface area contributed by atoms with Crippen LogP contribution in [0.3, 0.4) is 0 Å². The Balaban J connectivity index is 2.84. The van der Waals surface area contributed by atoms with Crippen LogP contribution in [-0.2, 0) is 14.3 Å². The van der Waals surface area contributed by atoms with Gasteiger partial charge in [-0.2, -0.15) is 0 Å². The molecule has 9 nitrogen and oxygen atoms in total. The number of nitro benzene ring substituents is 1. The van der Waals surface area contributed by atoms with E-state index >= 15 is 0 Å². The van der Waals surface area contributed by atoms with Crippen LogP contribution < -0.4 is 15.4 Å². The van der Waals surface area contributed by atoms with Crippen molar-refractivity contribution >= 4 is 23.3 Å². The molecule has 2 atom stereocenters. The summed E-state index contributed by atoms with van der Waals surface area (Å²) in [5.41, 5.74) is 0.748. The maximum Gasteiger partial charge on any atom is 0.323 e. The van der Waals surface area contributed by atoms with Crippen molar-refractivity contribution in [3.05, 3.63) is 27.8 Å². The van der Waals surface area contributed by atoms with Crippen molar-refractivity contribution in [1.29, 1.82) is 0 Å². The number of amides is 1. The normalized spacial score (nSPS) is 12.8. The number of hydrogen-bond donors (Lipinski definition) is 2. The summed E-state index contributed by atoms with van der Waals surface area (Å²) >= 11 is 0. The average molecular weight is 367 g/mol. The summed E-state index contributed by atoms with van der Waals surface area (Å²) in [6, 6.07) is 2.14. The minimum atomic E-state index is -0.594. The summed E-state index contributed by atoms with van der Waals surface area (Å²) < 4.78 is 9.76. The van der Waals surface area contributed by atoms with Gasteiger partial charge in [0.05, 0.1) is 25.7 Å². The maximum atomic E-state index is 12.2. The zero-order chi connectivity index (χ0) is 19.9. The lowest BCUT2D eigenvalue weighted by molar-refractivity contribution is -0.385. The molecule has 2 unspecified atom stereocenters. The molecule has 1 aromatic rings. The van der Waals surface area contributed by atoms with Gasteiger partial charge in [-0.3, -0.25) is 25.0 Å². The number of rotatable bonds is 9. The molecule has 26 heavy (non-hydrogen) atoms. The van der Waals surface area contributed by atoms with Crippen LogP contribution in [0.25, 0.3) is 0 Å². The first kappa shape index (κ1) is 21.4. The predicted octanol–water partition coefficient (Wildman–Crippen LogP) is 2.03. The van der Waals surface area contributed by atoms with Gasteiger partial charge in [0.15, 0.2) is 5.75 Å². The highest BCUT2D eigenvalue weighted by Crippen LogP contribution is 2.32. The number of nitrogens with zero attached hydrogens (tertiary/aromatic N) is 1. The molecule has 2 N–H and O–H groups in total. The number of carbonyl (C=O) groups excluding carboxylic acids is 2. The molecule has 9 heteroatoms. The van der Waals surface area contributed by atoms with Crippen LogP contribution in [0.4, 0.5) is 11.4 Å². The predicted molar refractivity (Wildman–Crippen MR) is 96.3 cm³/mol. The third kappa shape index (κ3) is 5.41. The van der Waals surface area contributed by atoms with Gasteiger partial charge in [-0.15, -0.1) is 0 Å². The van der Waals surface area contributed by atoms with Crippen molar-refractivity contribution in [2.45, 2.75) is 33.2 Å². The Morgan fingerprint density at radius 1 is 1.31 bits per heavy atom. The summed E-state index contributed by atoms with van der Waals surface area (Å²) in [5, 5.41) is 16.6. The number of benzene rings is 1. The summed E-state index contributed by atoms with van der Waals surface area (Å²) in [5.74, 6) is -0.770. The van der Waals surface area contributed by atoms with E-state index in [1.807, 2.05) is 13.8 Å². The van der Waals surface area contributed by atoms with Gasteiger partial charge >= 0.3 is 11.7 Å². The van der Waals surface area contributed by atoms with E-state index in [0.29, 0.717) is 11.3 Å². The lowest BCUT2D eigenvalue weighted by Crippen LogP contribution is -2.45. The summed E-state index contributed by atoms with van der Waals surface area (Å²) in [6.07, 6.45) is 0.743. The van der Waals surface area contributed by atoms with Crippen molar-refractivity contribution in [2.24, 2.45) is 5.92 Å². The van der Waals surface area contributed by atoms with Crippen LogP contribution in [0.1, 0.15) is 25.8 Å². The summed E-state index contributed by atoms with van der Waals surface area (Å²) in [4.78, 5) is 34.5. The lowest BCUT2D eigenvalue weighted by atomic mass is 9.99. The molecular weight excluding hydrogens is 342 g/mol. The highest BCUT2D eigenvalue weighted by molar-refractivity contribution is 5.94. The standard InChI is InChI=1S/C17H25N3O6/c1-6-10(2)16(17(22)26-5)18-9-15(21)19-12-8-14(25-4)13(20(23)24)7-11(12)3/h7-8,10,16,18H,6,9H2,1-5H3,(H,19,21). The van der Waals surface area contributed by atoms with Crippen molar-refractivity contribution in [3.8, 4) is 5.75 Å². The molecule has 0 aromatic heterocycles. The molecule has 1 rings (SSSR count). The number of carbonyl (C=O) groups is 2. The third-order valence-corrected chi connectivity index (χ3v) is 4.15. The molecular formula is C17H25N3O6. The van der Waals surface area contributed by atoms with Gasteiger partial charge in [0.1, 0.15) is 6.04 Å².